The summed E-state index contributed by atoms with van der Waals surface area (Å²) in [7, 11) is 0. The second-order valence-corrected chi connectivity index (χ2v) is 5.74. The molecular weight excluding hydrogens is 240 g/mol. The number of benzene rings is 1. The average molecular weight is 257 g/mol. The molecule has 1 aromatic rings. The topological polar surface area (TPSA) is 17.1 Å². The van der Waals surface area contributed by atoms with Gasteiger partial charge in [-0.2, -0.15) is 0 Å². The van der Waals surface area contributed by atoms with Gasteiger partial charge in [-0.3, -0.25) is 4.79 Å². The molecule has 88 valence electrons. The highest BCUT2D eigenvalue weighted by molar-refractivity contribution is 7.99. The quantitative estimate of drug-likeness (QED) is 0.577. The number of hydrogen-bond acceptors (Lipinski definition) is 2. The monoisotopic (exact) mass is 256 g/mol. The molecule has 0 aliphatic rings. The molecule has 16 heavy (non-hydrogen) atoms. The van der Waals surface area contributed by atoms with Crippen molar-refractivity contribution in [3.8, 4) is 0 Å². The largest absolute Gasteiger partial charge is 0.281 e. The van der Waals surface area contributed by atoms with E-state index in [-0.39, 0.29) is 17.1 Å². The van der Waals surface area contributed by atoms with Crippen molar-refractivity contribution in [2.24, 2.45) is 5.92 Å². The molecular formula is C13H17ClOS. The first-order chi connectivity index (χ1) is 7.56. The second kappa shape index (κ2) is 6.31. The molecule has 1 aromatic carbocycles. The Hall–Kier alpha value is -0.470. The predicted molar refractivity (Wildman–Crippen MR) is 71.3 cm³/mol. The van der Waals surface area contributed by atoms with E-state index < -0.39 is 0 Å². The maximum Gasteiger partial charge on any atom is 0.229 e. The van der Waals surface area contributed by atoms with E-state index in [9.17, 15) is 4.79 Å². The summed E-state index contributed by atoms with van der Waals surface area (Å²) in [6, 6.07) is 8.10. The number of hydrogen-bond donors (Lipinski definition) is 0. The van der Waals surface area contributed by atoms with Gasteiger partial charge in [-0.25, -0.2) is 0 Å². The fraction of sp³-hybridized carbons (Fsp3) is 0.462. The maximum atomic E-state index is 11.4. The highest BCUT2D eigenvalue weighted by atomic mass is 35.5. The molecule has 0 bridgehead atoms. The third-order valence-corrected chi connectivity index (χ3v) is 3.55. The van der Waals surface area contributed by atoms with Crippen LogP contribution in [0.2, 0.25) is 0 Å². The van der Waals surface area contributed by atoms with Crippen LogP contribution in [0.25, 0.3) is 0 Å². The third-order valence-electron chi connectivity index (χ3n) is 2.44. The summed E-state index contributed by atoms with van der Waals surface area (Å²) in [5.41, 5.74) is 1.02. The van der Waals surface area contributed by atoms with Crippen molar-refractivity contribution in [1.29, 1.82) is 0 Å². The van der Waals surface area contributed by atoms with Gasteiger partial charge >= 0.3 is 0 Å². The molecule has 0 heterocycles. The van der Waals surface area contributed by atoms with Crippen molar-refractivity contribution in [3.63, 3.8) is 0 Å². The van der Waals surface area contributed by atoms with Crippen molar-refractivity contribution >= 4 is 28.6 Å². The maximum absolute atomic E-state index is 11.4. The molecule has 0 amide bonds. The summed E-state index contributed by atoms with van der Waals surface area (Å²) in [4.78, 5) is 12.6. The first-order valence-electron chi connectivity index (χ1n) is 5.48. The molecule has 0 aliphatic heterocycles. The van der Waals surface area contributed by atoms with E-state index in [1.54, 1.807) is 11.8 Å². The van der Waals surface area contributed by atoms with Crippen LogP contribution in [-0.2, 0) is 4.79 Å². The summed E-state index contributed by atoms with van der Waals surface area (Å²) in [5, 5.41) is -0.270. The Labute approximate surface area is 107 Å². The molecule has 3 heteroatoms. The highest BCUT2D eigenvalue weighted by Crippen LogP contribution is 2.29. The molecule has 0 spiro atoms. The van der Waals surface area contributed by atoms with Crippen LogP contribution in [0.1, 0.15) is 32.3 Å². The lowest BCUT2D eigenvalue weighted by Crippen LogP contribution is -2.13. The van der Waals surface area contributed by atoms with Crippen LogP contribution in [-0.4, -0.2) is 11.0 Å². The van der Waals surface area contributed by atoms with Crippen LogP contribution < -0.4 is 0 Å². The molecule has 0 radical (unpaired) electrons. The zero-order valence-electron chi connectivity index (χ0n) is 9.87. The van der Waals surface area contributed by atoms with Gasteiger partial charge < -0.3 is 0 Å². The van der Waals surface area contributed by atoms with Gasteiger partial charge in [0, 0.05) is 4.90 Å². The highest BCUT2D eigenvalue weighted by Gasteiger charge is 2.22. The van der Waals surface area contributed by atoms with E-state index in [1.165, 1.54) is 4.90 Å². The minimum atomic E-state index is -0.270. The minimum absolute atomic E-state index is 0.195. The number of carbonyl (C=O) groups excluding carboxylic acids is 1. The van der Waals surface area contributed by atoms with Crippen molar-refractivity contribution in [2.75, 3.05) is 5.75 Å². The van der Waals surface area contributed by atoms with Gasteiger partial charge in [-0.05, 0) is 41.0 Å². The second-order valence-electron chi connectivity index (χ2n) is 4.03. The van der Waals surface area contributed by atoms with Gasteiger partial charge in [0.1, 0.15) is 0 Å². The normalized spacial score (nSPS) is 12.8. The fourth-order valence-electron chi connectivity index (χ4n) is 1.74. The molecule has 0 aromatic heterocycles. The van der Waals surface area contributed by atoms with Gasteiger partial charge in [0.25, 0.3) is 0 Å². The van der Waals surface area contributed by atoms with Crippen LogP contribution in [0.3, 0.4) is 0 Å². The standard InChI is InChI=1S/C13H17ClOS/c1-4-16-11-7-5-6-10(8-11)12(9(2)3)13(14)15/h5-9,12H,4H2,1-3H3. The zero-order chi connectivity index (χ0) is 12.1. The Kier molecular flexibility index (Phi) is 5.36. The lowest BCUT2D eigenvalue weighted by molar-refractivity contribution is -0.113. The van der Waals surface area contributed by atoms with E-state index in [0.717, 1.165) is 11.3 Å². The van der Waals surface area contributed by atoms with Crippen LogP contribution in [0, 0.1) is 5.92 Å². The molecule has 0 aliphatic carbocycles. The Morgan fingerprint density at radius 1 is 1.44 bits per heavy atom. The van der Waals surface area contributed by atoms with Crippen LogP contribution >= 0.6 is 23.4 Å². The van der Waals surface area contributed by atoms with E-state index >= 15 is 0 Å². The van der Waals surface area contributed by atoms with Crippen molar-refractivity contribution in [1.82, 2.24) is 0 Å². The van der Waals surface area contributed by atoms with Gasteiger partial charge in [0.2, 0.25) is 5.24 Å². The number of carbonyl (C=O) groups is 1. The van der Waals surface area contributed by atoms with Crippen LogP contribution in [0.5, 0.6) is 0 Å². The van der Waals surface area contributed by atoms with Gasteiger partial charge in [0.05, 0.1) is 5.92 Å². The first-order valence-corrected chi connectivity index (χ1v) is 6.84. The van der Waals surface area contributed by atoms with Crippen molar-refractivity contribution < 1.29 is 4.79 Å². The molecule has 1 rings (SSSR count). The van der Waals surface area contributed by atoms with Crippen LogP contribution in [0.15, 0.2) is 29.2 Å². The number of halogens is 1. The molecule has 0 N–H and O–H groups in total. The Balaban J connectivity index is 3.00. The third kappa shape index (κ3) is 3.53. The van der Waals surface area contributed by atoms with E-state index in [2.05, 4.69) is 19.1 Å². The Morgan fingerprint density at radius 3 is 2.62 bits per heavy atom. The summed E-state index contributed by atoms with van der Waals surface area (Å²) in [6.45, 7) is 6.15. The van der Waals surface area contributed by atoms with E-state index in [1.807, 2.05) is 26.0 Å². The SMILES string of the molecule is CCSc1cccc(C(C(=O)Cl)C(C)C)c1. The van der Waals surface area contributed by atoms with Crippen LogP contribution in [0.4, 0.5) is 0 Å². The lowest BCUT2D eigenvalue weighted by Gasteiger charge is -2.17. The number of thioether (sulfide) groups is 1. The van der Waals surface area contributed by atoms with E-state index in [0.29, 0.717) is 0 Å². The summed E-state index contributed by atoms with van der Waals surface area (Å²) < 4.78 is 0. The summed E-state index contributed by atoms with van der Waals surface area (Å²) >= 11 is 7.43. The smallest absolute Gasteiger partial charge is 0.229 e. The summed E-state index contributed by atoms with van der Waals surface area (Å²) in [6.07, 6.45) is 0. The van der Waals surface area contributed by atoms with E-state index in [4.69, 9.17) is 11.6 Å². The van der Waals surface area contributed by atoms with Gasteiger partial charge in [-0.1, -0.05) is 32.9 Å². The summed E-state index contributed by atoms with van der Waals surface area (Å²) in [5.74, 6) is 1.07. The van der Waals surface area contributed by atoms with Crippen molar-refractivity contribution in [3.05, 3.63) is 29.8 Å². The first kappa shape index (κ1) is 13.6. The molecule has 0 saturated heterocycles. The van der Waals surface area contributed by atoms with Gasteiger partial charge in [0.15, 0.2) is 0 Å². The average Bonchev–Trinajstić information content (AvgIpc) is 2.17. The molecule has 1 unspecified atom stereocenters. The molecule has 0 fully saturated rings. The predicted octanol–water partition coefficient (Wildman–Crippen LogP) is 4.30. The lowest BCUT2D eigenvalue weighted by atomic mass is 9.90. The zero-order valence-corrected chi connectivity index (χ0v) is 11.4. The molecule has 1 atom stereocenters. The Bertz CT molecular complexity index is 363. The number of rotatable bonds is 5. The fourth-order valence-corrected chi connectivity index (χ4v) is 2.85. The van der Waals surface area contributed by atoms with Crippen molar-refractivity contribution in [2.45, 2.75) is 31.6 Å². The minimum Gasteiger partial charge on any atom is -0.281 e. The van der Waals surface area contributed by atoms with Gasteiger partial charge in [-0.15, -0.1) is 11.8 Å². The Morgan fingerprint density at radius 2 is 2.12 bits per heavy atom. The molecule has 1 nitrogen and oxygen atoms in total. The molecule has 0 saturated carbocycles.